The molecule has 0 fully saturated rings. The lowest BCUT2D eigenvalue weighted by atomic mass is 10.0. The summed E-state index contributed by atoms with van der Waals surface area (Å²) < 4.78 is 33.3. The third-order valence-electron chi connectivity index (χ3n) is 17.7. The molecule has 0 saturated carbocycles. The fourth-order valence-corrected chi connectivity index (χ4v) is 12.5. The zero-order valence-corrected chi connectivity index (χ0v) is 63.0. The summed E-state index contributed by atoms with van der Waals surface area (Å²) in [5.74, 6) is -0.810. The highest BCUT2D eigenvalue weighted by molar-refractivity contribution is 7.47. The highest BCUT2D eigenvalue weighted by Crippen LogP contribution is 2.43. The van der Waals surface area contributed by atoms with Crippen LogP contribution in [0.15, 0.2) is 109 Å². The Hall–Kier alpha value is -3.33. The topological polar surface area (TPSA) is 134 Å². The van der Waals surface area contributed by atoms with Gasteiger partial charge in [0.05, 0.1) is 13.2 Å². The summed E-state index contributed by atoms with van der Waals surface area (Å²) in [6, 6.07) is 0. The second kappa shape index (κ2) is 79.7. The number of ether oxygens (including phenoxy) is 2. The zero-order valence-electron chi connectivity index (χ0n) is 62.1. The third kappa shape index (κ3) is 79.5. The van der Waals surface area contributed by atoms with Crippen molar-refractivity contribution in [2.45, 2.75) is 392 Å². The van der Waals surface area contributed by atoms with E-state index in [0.717, 1.165) is 96.3 Å². The molecule has 0 rings (SSSR count). The number of unbranched alkanes of at least 4 members (excludes halogenated alkanes) is 45. The quantitative estimate of drug-likeness (QED) is 0.0264. The highest BCUT2D eigenvalue weighted by atomic mass is 31.2. The Morgan fingerprint density at radius 1 is 0.316 bits per heavy atom. The molecule has 0 aliphatic carbocycles. The van der Waals surface area contributed by atoms with Crippen molar-refractivity contribution in [3.8, 4) is 0 Å². The zero-order chi connectivity index (χ0) is 68.6. The van der Waals surface area contributed by atoms with Gasteiger partial charge in [-0.05, 0) is 96.3 Å². The van der Waals surface area contributed by atoms with Crippen LogP contribution in [0.3, 0.4) is 0 Å². The molecule has 0 aliphatic rings. The van der Waals surface area contributed by atoms with Crippen molar-refractivity contribution < 1.29 is 37.6 Å². The van der Waals surface area contributed by atoms with E-state index in [1.165, 1.54) is 257 Å². The number of hydrogen-bond acceptors (Lipinski definition) is 8. The predicted molar refractivity (Wildman–Crippen MR) is 413 cm³/mol. The molecule has 0 bridgehead atoms. The first-order valence-corrected chi connectivity index (χ1v) is 41.9. The van der Waals surface area contributed by atoms with E-state index in [-0.39, 0.29) is 38.6 Å². The van der Waals surface area contributed by atoms with Crippen LogP contribution in [0.4, 0.5) is 0 Å². The molecule has 0 heterocycles. The number of nitrogens with two attached hydrogens (primary N) is 1. The van der Waals surface area contributed by atoms with Gasteiger partial charge in [-0.3, -0.25) is 18.6 Å². The second-order valence-electron chi connectivity index (χ2n) is 26.9. The monoisotopic (exact) mass is 1350 g/mol. The SMILES string of the molecule is CC/C=C\C/C=C\C/C=C\C/C=C\C/C=C\CCCCCCCCCCCCCCCCCCCC(=O)OC(COC(=O)CCCCCCCCCCCCCCCCCCCCCCCCCCCCCC/C=C\C/C=C\C/C=C\C/C=C\CC)COP(=O)(O)OCCN. The Morgan fingerprint density at radius 2 is 0.547 bits per heavy atom. The fraction of sp³-hybridized carbons (Fsp3) is 0.765. The molecule has 0 saturated heterocycles. The van der Waals surface area contributed by atoms with Gasteiger partial charge in [0.2, 0.25) is 0 Å². The Kier molecular flexibility index (Phi) is 76.9. The molecular weight excluding hydrogens is 1190 g/mol. The molecule has 3 N–H and O–H groups in total. The molecule has 9 nitrogen and oxygen atoms in total. The number of carbonyl (C=O) groups excluding carboxylic acids is 2. The van der Waals surface area contributed by atoms with Crippen molar-refractivity contribution in [2.75, 3.05) is 26.4 Å². The Balaban J connectivity index is 3.76. The van der Waals surface area contributed by atoms with Crippen molar-refractivity contribution in [1.82, 2.24) is 0 Å². The van der Waals surface area contributed by atoms with Crippen LogP contribution in [0, 0.1) is 0 Å². The molecule has 2 unspecified atom stereocenters. The molecule has 95 heavy (non-hydrogen) atoms. The first-order valence-electron chi connectivity index (χ1n) is 40.4. The standard InChI is InChI=1S/C85H152NO8P/c1-3-5-7-9-11-13-15-17-19-21-23-25-27-29-31-33-35-37-38-39-40-41-42-43-44-46-47-49-51-53-55-57-59-61-63-65-67-69-71-73-75-77-84(87)91-81-83(82-93-95(89,90)92-80-79-86)94-85(88)78-76-74-72-70-68-66-64-62-60-58-56-54-52-50-48-45-36-34-32-30-28-26-24-22-20-18-16-14-12-10-8-6-4-2/h5-8,11-14,17-20,23-26,30,32,83H,3-4,9-10,15-16,21-22,27-29,31,33-82,86H2,1-2H3,(H,89,90)/b7-5-,8-6-,13-11-,14-12-,19-17-,20-18-,25-23-,26-24-,32-30-. The summed E-state index contributed by atoms with van der Waals surface area (Å²) >= 11 is 0. The van der Waals surface area contributed by atoms with Crippen LogP contribution in [0.2, 0.25) is 0 Å². The maximum Gasteiger partial charge on any atom is 0.472 e. The van der Waals surface area contributed by atoms with E-state index in [2.05, 4.69) is 123 Å². The summed E-state index contributed by atoms with van der Waals surface area (Å²) in [6.45, 7) is 3.57. The number of carbonyl (C=O) groups is 2. The lowest BCUT2D eigenvalue weighted by molar-refractivity contribution is -0.161. The number of rotatable bonds is 76. The summed E-state index contributed by atoms with van der Waals surface area (Å²) in [5.41, 5.74) is 5.42. The number of phosphoric acid groups is 1. The minimum Gasteiger partial charge on any atom is -0.462 e. The van der Waals surface area contributed by atoms with Crippen molar-refractivity contribution in [3.63, 3.8) is 0 Å². The summed E-state index contributed by atoms with van der Waals surface area (Å²) in [5, 5.41) is 0. The second-order valence-corrected chi connectivity index (χ2v) is 28.3. The van der Waals surface area contributed by atoms with E-state index < -0.39 is 26.5 Å². The number of esters is 2. The molecular formula is C85H152NO8P. The summed E-state index contributed by atoms with van der Waals surface area (Å²) in [7, 11) is -4.40. The number of allylic oxidation sites excluding steroid dienone is 18. The molecule has 2 atom stereocenters. The van der Waals surface area contributed by atoms with Gasteiger partial charge in [0.25, 0.3) is 0 Å². The van der Waals surface area contributed by atoms with Gasteiger partial charge in [0.15, 0.2) is 6.10 Å². The number of hydrogen-bond donors (Lipinski definition) is 2. The maximum absolute atomic E-state index is 12.8. The van der Waals surface area contributed by atoms with Crippen LogP contribution in [-0.4, -0.2) is 49.3 Å². The fourth-order valence-electron chi connectivity index (χ4n) is 11.8. The molecule has 0 spiro atoms. The van der Waals surface area contributed by atoms with Crippen LogP contribution in [-0.2, 0) is 32.7 Å². The van der Waals surface area contributed by atoms with E-state index in [0.29, 0.717) is 6.42 Å². The Morgan fingerprint density at radius 3 is 0.811 bits per heavy atom. The molecule has 0 aromatic rings. The van der Waals surface area contributed by atoms with E-state index >= 15 is 0 Å². The lowest BCUT2D eigenvalue weighted by Gasteiger charge is -2.19. The van der Waals surface area contributed by atoms with Crippen LogP contribution >= 0.6 is 7.82 Å². The van der Waals surface area contributed by atoms with Crippen LogP contribution in [0.1, 0.15) is 386 Å². The smallest absolute Gasteiger partial charge is 0.462 e. The van der Waals surface area contributed by atoms with E-state index in [1.54, 1.807) is 0 Å². The minimum atomic E-state index is -4.40. The predicted octanol–water partition coefficient (Wildman–Crippen LogP) is 27.2. The van der Waals surface area contributed by atoms with E-state index in [1.807, 2.05) is 0 Å². The highest BCUT2D eigenvalue weighted by Gasteiger charge is 2.26. The van der Waals surface area contributed by atoms with Gasteiger partial charge < -0.3 is 20.1 Å². The number of phosphoric ester groups is 1. The average Bonchev–Trinajstić information content (AvgIpc) is 3.25. The molecule has 10 heteroatoms. The largest absolute Gasteiger partial charge is 0.472 e. The van der Waals surface area contributed by atoms with E-state index in [9.17, 15) is 19.0 Å². The first-order chi connectivity index (χ1) is 46.8. The molecule has 0 aliphatic heterocycles. The van der Waals surface area contributed by atoms with Crippen molar-refractivity contribution in [1.29, 1.82) is 0 Å². The maximum atomic E-state index is 12.8. The van der Waals surface area contributed by atoms with Crippen LogP contribution in [0.5, 0.6) is 0 Å². The van der Waals surface area contributed by atoms with Gasteiger partial charge >= 0.3 is 19.8 Å². The summed E-state index contributed by atoms with van der Waals surface area (Å²) in [6.07, 6.45) is 111. The van der Waals surface area contributed by atoms with Gasteiger partial charge in [0, 0.05) is 19.4 Å². The third-order valence-corrected chi connectivity index (χ3v) is 18.6. The molecule has 550 valence electrons. The first kappa shape index (κ1) is 91.7. The Labute approximate surface area is 588 Å². The normalized spacial score (nSPS) is 13.4. The van der Waals surface area contributed by atoms with Crippen LogP contribution < -0.4 is 5.73 Å². The van der Waals surface area contributed by atoms with Crippen molar-refractivity contribution in [2.24, 2.45) is 5.73 Å². The molecule has 0 aromatic heterocycles. The van der Waals surface area contributed by atoms with Gasteiger partial charge in [-0.15, -0.1) is 0 Å². The average molecular weight is 1350 g/mol. The lowest BCUT2D eigenvalue weighted by Crippen LogP contribution is -2.29. The van der Waals surface area contributed by atoms with E-state index in [4.69, 9.17) is 24.3 Å². The van der Waals surface area contributed by atoms with Gasteiger partial charge in [-0.2, -0.15) is 0 Å². The van der Waals surface area contributed by atoms with Gasteiger partial charge in [-0.25, -0.2) is 4.57 Å². The molecule has 0 radical (unpaired) electrons. The van der Waals surface area contributed by atoms with Gasteiger partial charge in [-0.1, -0.05) is 386 Å². The van der Waals surface area contributed by atoms with Crippen molar-refractivity contribution in [3.05, 3.63) is 109 Å². The van der Waals surface area contributed by atoms with Gasteiger partial charge in [0.1, 0.15) is 6.61 Å². The van der Waals surface area contributed by atoms with Crippen LogP contribution in [0.25, 0.3) is 0 Å². The minimum absolute atomic E-state index is 0.0530. The van der Waals surface area contributed by atoms with Crippen molar-refractivity contribution >= 4 is 19.8 Å². The molecule has 0 amide bonds. The Bertz CT molecular complexity index is 1930. The molecule has 0 aromatic carbocycles. The summed E-state index contributed by atoms with van der Waals surface area (Å²) in [4.78, 5) is 35.5.